The number of hydrogen-bond acceptors (Lipinski definition) is 7. The predicted molar refractivity (Wildman–Crippen MR) is 156 cm³/mol. The summed E-state index contributed by atoms with van der Waals surface area (Å²) in [6.45, 7) is 7.35. The highest BCUT2D eigenvalue weighted by Gasteiger charge is 2.48. The molecule has 2 aromatic rings. The van der Waals surface area contributed by atoms with Crippen LogP contribution in [-0.4, -0.2) is 46.2 Å². The molecule has 1 saturated carbocycles. The van der Waals surface area contributed by atoms with Gasteiger partial charge in [0.2, 0.25) is 0 Å². The van der Waals surface area contributed by atoms with Crippen LogP contribution in [0.25, 0.3) is 0 Å². The maximum absolute atomic E-state index is 15.0. The number of halogens is 1. The van der Waals surface area contributed by atoms with E-state index in [0.717, 1.165) is 54.7 Å². The van der Waals surface area contributed by atoms with Crippen LogP contribution in [0.3, 0.4) is 0 Å². The van der Waals surface area contributed by atoms with Crippen molar-refractivity contribution in [3.05, 3.63) is 63.4 Å². The number of benzene rings is 1. The molecule has 1 aromatic heterocycles. The summed E-state index contributed by atoms with van der Waals surface area (Å²) in [5, 5.41) is 29.1. The number of carbonyl (C=O) groups is 1. The Morgan fingerprint density at radius 1 is 1.31 bits per heavy atom. The van der Waals surface area contributed by atoms with Crippen molar-refractivity contribution in [1.82, 2.24) is 15.1 Å². The molecule has 5 rings (SSSR count). The van der Waals surface area contributed by atoms with Crippen molar-refractivity contribution in [3.8, 4) is 6.07 Å². The van der Waals surface area contributed by atoms with Gasteiger partial charge < -0.3 is 19.9 Å². The standard InChI is InChI=1S/C33H43FN4O4/c1-5-27-23(30(38(4)37-27)28-19-41-15-14-36-28)17-24-29(39)18-33(42-31(24)40,22-8-6-7-9-22)13-12-21-10-11-25(26(34)16-21)32(2,3)20-35/h10-11,16,22,28,36,39H,5-9,12-15,17-19H2,1-4H3. The number of aromatic nitrogens is 2. The van der Waals surface area contributed by atoms with Crippen LogP contribution in [0, 0.1) is 23.1 Å². The van der Waals surface area contributed by atoms with Crippen molar-refractivity contribution in [1.29, 1.82) is 5.26 Å². The summed E-state index contributed by atoms with van der Waals surface area (Å²) in [6, 6.07) is 7.14. The van der Waals surface area contributed by atoms with Crippen molar-refractivity contribution < 1.29 is 23.8 Å². The average Bonchev–Trinajstić information content (AvgIpc) is 3.63. The van der Waals surface area contributed by atoms with Gasteiger partial charge in [-0.1, -0.05) is 31.9 Å². The molecule has 2 aliphatic heterocycles. The van der Waals surface area contributed by atoms with Crippen LogP contribution in [0.4, 0.5) is 4.39 Å². The van der Waals surface area contributed by atoms with Crippen LogP contribution >= 0.6 is 0 Å². The minimum Gasteiger partial charge on any atom is -0.512 e. The summed E-state index contributed by atoms with van der Waals surface area (Å²) >= 11 is 0. The lowest BCUT2D eigenvalue weighted by Gasteiger charge is -2.42. The molecule has 42 heavy (non-hydrogen) atoms. The van der Waals surface area contributed by atoms with E-state index < -0.39 is 22.8 Å². The molecule has 1 aromatic carbocycles. The van der Waals surface area contributed by atoms with Gasteiger partial charge in [0.25, 0.3) is 0 Å². The molecule has 1 saturated heterocycles. The molecule has 0 radical (unpaired) electrons. The summed E-state index contributed by atoms with van der Waals surface area (Å²) in [4.78, 5) is 13.7. The Labute approximate surface area is 247 Å². The quantitative estimate of drug-likeness (QED) is 0.381. The fraction of sp³-hybridized carbons (Fsp3) is 0.606. The third-order valence-electron chi connectivity index (χ3n) is 9.50. The number of aryl methyl sites for hydroxylation is 3. The number of nitrogens with one attached hydrogen (secondary N) is 1. The lowest BCUT2D eigenvalue weighted by Crippen LogP contribution is -2.46. The zero-order valence-corrected chi connectivity index (χ0v) is 25.3. The summed E-state index contributed by atoms with van der Waals surface area (Å²) in [5.41, 5.74) is 2.47. The van der Waals surface area contributed by atoms with Crippen LogP contribution in [0.1, 0.15) is 93.4 Å². The van der Waals surface area contributed by atoms with Crippen molar-refractivity contribution in [2.45, 2.75) is 95.6 Å². The van der Waals surface area contributed by atoms with Crippen molar-refractivity contribution in [2.75, 3.05) is 19.8 Å². The first kappa shape index (κ1) is 30.2. The second-order valence-corrected chi connectivity index (χ2v) is 12.6. The van der Waals surface area contributed by atoms with E-state index in [1.807, 2.05) is 24.7 Å². The highest BCUT2D eigenvalue weighted by atomic mass is 19.1. The predicted octanol–water partition coefficient (Wildman–Crippen LogP) is 5.45. The normalized spacial score (nSPS) is 23.7. The minimum atomic E-state index is -0.925. The van der Waals surface area contributed by atoms with E-state index in [1.54, 1.807) is 19.9 Å². The van der Waals surface area contributed by atoms with Gasteiger partial charge in [-0.2, -0.15) is 10.4 Å². The van der Waals surface area contributed by atoms with E-state index in [-0.39, 0.29) is 30.6 Å². The Kier molecular flexibility index (Phi) is 8.77. The van der Waals surface area contributed by atoms with Gasteiger partial charge in [-0.15, -0.1) is 0 Å². The Morgan fingerprint density at radius 2 is 2.07 bits per heavy atom. The van der Waals surface area contributed by atoms with E-state index in [0.29, 0.717) is 43.6 Å². The zero-order chi connectivity index (χ0) is 30.1. The maximum atomic E-state index is 15.0. The van der Waals surface area contributed by atoms with E-state index >= 15 is 4.39 Å². The first-order valence-corrected chi connectivity index (χ1v) is 15.3. The molecule has 2 atom stereocenters. The zero-order valence-electron chi connectivity index (χ0n) is 25.3. The van der Waals surface area contributed by atoms with E-state index in [9.17, 15) is 15.2 Å². The molecule has 3 aliphatic rings. The molecule has 0 bridgehead atoms. The molecular weight excluding hydrogens is 535 g/mol. The summed E-state index contributed by atoms with van der Waals surface area (Å²) in [7, 11) is 1.91. The number of carbonyl (C=O) groups excluding carboxylic acids is 1. The van der Waals surface area contributed by atoms with E-state index in [1.165, 1.54) is 6.07 Å². The number of esters is 1. The highest BCUT2D eigenvalue weighted by molar-refractivity contribution is 5.91. The topological polar surface area (TPSA) is 109 Å². The number of aliphatic hydroxyl groups is 1. The molecule has 226 valence electrons. The van der Waals surface area contributed by atoms with Gasteiger partial charge in [0, 0.05) is 37.6 Å². The molecule has 1 aliphatic carbocycles. The highest BCUT2D eigenvalue weighted by Crippen LogP contribution is 2.46. The van der Waals surface area contributed by atoms with Gasteiger partial charge in [-0.05, 0) is 63.5 Å². The second kappa shape index (κ2) is 12.2. The SMILES string of the molecule is CCc1nn(C)c(C2COCCN2)c1CC1=C(O)CC(CCc2ccc(C(C)(C)C#N)c(F)c2)(C2CCCC2)OC1=O. The number of rotatable bonds is 9. The number of hydrogen-bond donors (Lipinski definition) is 2. The van der Waals surface area contributed by atoms with Gasteiger partial charge in [-0.3, -0.25) is 4.68 Å². The van der Waals surface area contributed by atoms with Crippen molar-refractivity contribution >= 4 is 5.97 Å². The van der Waals surface area contributed by atoms with Gasteiger partial charge in [-0.25, -0.2) is 9.18 Å². The van der Waals surface area contributed by atoms with Gasteiger partial charge >= 0.3 is 5.97 Å². The first-order chi connectivity index (χ1) is 20.1. The first-order valence-electron chi connectivity index (χ1n) is 15.3. The molecule has 2 N–H and O–H groups in total. The number of cyclic esters (lactones) is 1. The monoisotopic (exact) mass is 578 g/mol. The summed E-state index contributed by atoms with van der Waals surface area (Å²) < 4.78 is 28.9. The molecule has 3 heterocycles. The van der Waals surface area contributed by atoms with Crippen LogP contribution in [0.5, 0.6) is 0 Å². The van der Waals surface area contributed by atoms with E-state index in [4.69, 9.17) is 14.6 Å². The molecule has 0 amide bonds. The third-order valence-corrected chi connectivity index (χ3v) is 9.50. The molecular formula is C33H43FN4O4. The largest absolute Gasteiger partial charge is 0.512 e. The van der Waals surface area contributed by atoms with Crippen LogP contribution in [0.2, 0.25) is 0 Å². The Bertz CT molecular complexity index is 1400. The molecule has 2 fully saturated rings. The van der Waals surface area contributed by atoms with Crippen molar-refractivity contribution in [2.24, 2.45) is 13.0 Å². The number of aliphatic hydroxyl groups excluding tert-OH is 1. The fourth-order valence-electron chi connectivity index (χ4n) is 7.09. The van der Waals surface area contributed by atoms with Crippen LogP contribution in [-0.2, 0) is 46.0 Å². The van der Waals surface area contributed by atoms with E-state index in [2.05, 4.69) is 11.4 Å². The average molecular weight is 579 g/mol. The number of ether oxygens (including phenoxy) is 2. The van der Waals surface area contributed by atoms with Gasteiger partial charge in [0.05, 0.1) is 47.7 Å². The second-order valence-electron chi connectivity index (χ2n) is 12.6. The Balaban J connectivity index is 1.41. The molecule has 2 unspecified atom stereocenters. The lowest BCUT2D eigenvalue weighted by molar-refractivity contribution is -0.167. The number of nitriles is 1. The fourth-order valence-corrected chi connectivity index (χ4v) is 7.09. The minimum absolute atomic E-state index is 0.0444. The molecule has 0 spiro atoms. The smallest absolute Gasteiger partial charge is 0.338 e. The summed E-state index contributed by atoms with van der Waals surface area (Å²) in [6.07, 6.45) is 6.16. The van der Waals surface area contributed by atoms with Gasteiger partial charge in [0.1, 0.15) is 17.2 Å². The Hall–Kier alpha value is -3.22. The third kappa shape index (κ3) is 5.84. The molecule has 9 heteroatoms. The van der Waals surface area contributed by atoms with Crippen LogP contribution in [0.15, 0.2) is 29.5 Å². The number of morpholine rings is 1. The molecule has 8 nitrogen and oxygen atoms in total. The lowest BCUT2D eigenvalue weighted by atomic mass is 9.76. The van der Waals surface area contributed by atoms with Crippen molar-refractivity contribution in [3.63, 3.8) is 0 Å². The Morgan fingerprint density at radius 3 is 2.69 bits per heavy atom. The van der Waals surface area contributed by atoms with Crippen LogP contribution < -0.4 is 5.32 Å². The maximum Gasteiger partial charge on any atom is 0.338 e. The number of nitrogens with zero attached hydrogens (tertiary/aromatic N) is 3. The summed E-state index contributed by atoms with van der Waals surface area (Å²) in [5.74, 6) is -0.667. The van der Waals surface area contributed by atoms with Gasteiger partial charge in [0.15, 0.2) is 0 Å².